The van der Waals surface area contributed by atoms with E-state index in [0.717, 1.165) is 11.1 Å². The predicted molar refractivity (Wildman–Crippen MR) is 138 cm³/mol. The zero-order valence-corrected chi connectivity index (χ0v) is 18.5. The zero-order chi connectivity index (χ0) is 21.8. The Morgan fingerprint density at radius 3 is 1.41 bits per heavy atom. The van der Waals surface area contributed by atoms with E-state index in [1.54, 1.807) is 0 Å². The fourth-order valence-corrected chi connectivity index (χ4v) is 9.15. The van der Waals surface area contributed by atoms with Crippen LogP contribution in [0.1, 0.15) is 11.1 Å². The third kappa shape index (κ3) is 3.36. The smallest absolute Gasteiger partial charge is 0.0992 e. The maximum Gasteiger partial charge on any atom is 0.0992 e. The highest BCUT2D eigenvalue weighted by atomic mass is 31.2. The molecule has 0 atom stereocenters. The van der Waals surface area contributed by atoms with E-state index >= 15 is 0 Å². The molecule has 1 nitrogen and oxygen atoms in total. The van der Waals surface area contributed by atoms with Crippen LogP contribution in [0.15, 0.2) is 139 Å². The van der Waals surface area contributed by atoms with Crippen molar-refractivity contribution < 1.29 is 0 Å². The van der Waals surface area contributed by atoms with E-state index in [1.165, 1.54) is 21.2 Å². The van der Waals surface area contributed by atoms with Crippen molar-refractivity contribution in [2.24, 2.45) is 0 Å². The number of hydrogen-bond donors (Lipinski definition) is 0. The minimum atomic E-state index is -2.26. The molecule has 0 unspecified atom stereocenters. The molecule has 1 aliphatic heterocycles. The van der Waals surface area contributed by atoms with Gasteiger partial charge in [0, 0.05) is 0 Å². The van der Waals surface area contributed by atoms with Crippen LogP contribution in [0.4, 0.5) is 0 Å². The van der Waals surface area contributed by atoms with Crippen molar-refractivity contribution in [3.63, 3.8) is 0 Å². The lowest BCUT2D eigenvalue weighted by Gasteiger charge is -2.36. The highest BCUT2D eigenvalue weighted by Crippen LogP contribution is 2.62. The Morgan fingerprint density at radius 1 is 0.500 bits per heavy atom. The molecule has 0 N–H and O–H groups in total. The van der Waals surface area contributed by atoms with E-state index in [-0.39, 0.29) is 0 Å². The summed E-state index contributed by atoms with van der Waals surface area (Å²) < 4.78 is 0. The van der Waals surface area contributed by atoms with Crippen molar-refractivity contribution in [2.75, 3.05) is 0 Å². The molecule has 0 spiro atoms. The predicted octanol–water partition coefficient (Wildman–Crippen LogP) is 6.38. The summed E-state index contributed by atoms with van der Waals surface area (Å²) in [4.78, 5) is 0. The average Bonchev–Trinajstić information content (AvgIpc) is 2.90. The monoisotopic (exact) mass is 427 g/mol. The number of benzene rings is 4. The Hall–Kier alpha value is -3.85. The molecule has 2 heteroatoms. The summed E-state index contributed by atoms with van der Waals surface area (Å²) in [6, 6.07) is 45.1. The lowest BCUT2D eigenvalue weighted by molar-refractivity contribution is 1.50. The summed E-state index contributed by atoms with van der Waals surface area (Å²) in [7, 11) is 0. The van der Waals surface area contributed by atoms with E-state index in [1.807, 2.05) is 12.1 Å². The van der Waals surface area contributed by atoms with Gasteiger partial charge in [0.05, 0.1) is 11.6 Å². The number of nitrogens with zero attached hydrogens (tertiary/aromatic N) is 1. The Labute approximate surface area is 189 Å². The van der Waals surface area contributed by atoms with Crippen molar-refractivity contribution in [1.82, 2.24) is 0 Å². The maximum atomic E-state index is 9.97. The largest absolute Gasteiger partial charge is 0.192 e. The summed E-state index contributed by atoms with van der Waals surface area (Å²) >= 11 is 0. The molecule has 0 aliphatic carbocycles. The van der Waals surface area contributed by atoms with Gasteiger partial charge in [-0.05, 0) is 51.4 Å². The summed E-state index contributed by atoms with van der Waals surface area (Å²) in [5.74, 6) is 0. The van der Waals surface area contributed by atoms with E-state index < -0.39 is 6.89 Å². The molecule has 32 heavy (non-hydrogen) atoms. The topological polar surface area (TPSA) is 23.8 Å². The molecule has 0 saturated heterocycles. The van der Waals surface area contributed by atoms with Crippen molar-refractivity contribution in [2.45, 2.75) is 0 Å². The van der Waals surface area contributed by atoms with Gasteiger partial charge in [-0.2, -0.15) is 5.26 Å². The maximum absolute atomic E-state index is 9.97. The SMILES string of the molecule is N#CC1=CC(c2ccccc2)=P(c2ccccc2)(c2ccccc2)C(c2ccccc2)=C1. The van der Waals surface area contributed by atoms with E-state index in [4.69, 9.17) is 0 Å². The summed E-state index contributed by atoms with van der Waals surface area (Å²) in [5, 5.41) is 15.0. The molecule has 4 aromatic rings. The summed E-state index contributed by atoms with van der Waals surface area (Å²) in [6.07, 6.45) is 4.21. The van der Waals surface area contributed by atoms with E-state index in [9.17, 15) is 5.26 Å². The standard InChI is InChI=1S/C30H22NP/c31-23-24-21-29(25-13-5-1-6-14-25)32(27-17-9-3-10-18-27,28-19-11-4-12-20-28)30(22-24)26-15-7-2-8-16-26/h1-22H. The van der Waals surface area contributed by atoms with Gasteiger partial charge in [-0.3, -0.25) is 0 Å². The first-order chi connectivity index (χ1) is 15.8. The second-order valence-corrected chi connectivity index (χ2v) is 11.0. The minimum absolute atomic E-state index is 0.685. The zero-order valence-electron chi connectivity index (χ0n) is 17.6. The lowest BCUT2D eigenvalue weighted by atomic mass is 10.1. The Kier molecular flexibility index (Phi) is 5.47. The van der Waals surface area contributed by atoms with Crippen LogP contribution >= 0.6 is 6.89 Å². The normalized spacial score (nSPS) is 14.8. The first-order valence-electron chi connectivity index (χ1n) is 10.7. The van der Waals surface area contributed by atoms with Crippen molar-refractivity contribution in [3.05, 3.63) is 150 Å². The number of allylic oxidation sites excluding steroid dienone is 3. The molecule has 5 rings (SSSR count). The highest BCUT2D eigenvalue weighted by molar-refractivity contribution is 7.98. The highest BCUT2D eigenvalue weighted by Gasteiger charge is 2.34. The molecule has 0 bridgehead atoms. The van der Waals surface area contributed by atoms with Crippen LogP contribution < -0.4 is 10.6 Å². The molecule has 4 aromatic carbocycles. The van der Waals surface area contributed by atoms with Gasteiger partial charge < -0.3 is 0 Å². The molecule has 1 heterocycles. The number of hydrogen-bond acceptors (Lipinski definition) is 1. The van der Waals surface area contributed by atoms with E-state index in [2.05, 4.69) is 127 Å². The van der Waals surface area contributed by atoms with Crippen molar-refractivity contribution in [3.8, 4) is 6.07 Å². The van der Waals surface area contributed by atoms with Crippen molar-refractivity contribution in [1.29, 1.82) is 5.26 Å². The molecule has 152 valence electrons. The molecular weight excluding hydrogens is 405 g/mol. The van der Waals surface area contributed by atoms with Gasteiger partial charge in [0.15, 0.2) is 0 Å². The van der Waals surface area contributed by atoms with Gasteiger partial charge in [0.1, 0.15) is 0 Å². The van der Waals surface area contributed by atoms with Gasteiger partial charge in [0.25, 0.3) is 0 Å². The second-order valence-electron chi connectivity index (χ2n) is 7.70. The first kappa shape index (κ1) is 20.1. The van der Waals surface area contributed by atoms with Gasteiger partial charge >= 0.3 is 0 Å². The molecule has 0 radical (unpaired) electrons. The van der Waals surface area contributed by atoms with Gasteiger partial charge in [-0.1, -0.05) is 121 Å². The average molecular weight is 427 g/mol. The lowest BCUT2D eigenvalue weighted by Crippen LogP contribution is -2.25. The molecule has 1 aliphatic rings. The minimum Gasteiger partial charge on any atom is -0.192 e. The third-order valence-electron chi connectivity index (χ3n) is 5.86. The van der Waals surface area contributed by atoms with Gasteiger partial charge in [-0.15, -0.1) is 0 Å². The van der Waals surface area contributed by atoms with Gasteiger partial charge in [-0.25, -0.2) is 0 Å². The summed E-state index contributed by atoms with van der Waals surface area (Å²) in [6.45, 7) is -2.26. The Balaban J connectivity index is 2.04. The van der Waals surface area contributed by atoms with Crippen molar-refractivity contribution >= 4 is 28.1 Å². The van der Waals surface area contributed by atoms with Crippen LogP contribution in [0, 0.1) is 11.3 Å². The second kappa shape index (κ2) is 8.72. The third-order valence-corrected chi connectivity index (χ3v) is 10.2. The van der Waals surface area contributed by atoms with E-state index in [0.29, 0.717) is 5.57 Å². The fraction of sp³-hybridized carbons (Fsp3) is 0. The van der Waals surface area contributed by atoms with Gasteiger partial charge in [0.2, 0.25) is 0 Å². The summed E-state index contributed by atoms with van der Waals surface area (Å²) in [5.41, 5.74) is 3.00. The number of nitriles is 1. The molecule has 0 aromatic heterocycles. The first-order valence-corrected chi connectivity index (χ1v) is 12.5. The molecule has 0 saturated carbocycles. The fourth-order valence-electron chi connectivity index (χ4n) is 4.50. The Morgan fingerprint density at radius 2 is 0.938 bits per heavy atom. The molecule has 0 amide bonds. The molecular formula is C30H22NP. The molecule has 0 fully saturated rings. The van der Waals surface area contributed by atoms with Crippen LogP contribution in [0.5, 0.6) is 0 Å². The van der Waals surface area contributed by atoms with Crippen LogP contribution in [-0.4, -0.2) is 5.29 Å². The van der Waals surface area contributed by atoms with Crippen LogP contribution in [0.2, 0.25) is 0 Å². The Bertz CT molecular complexity index is 1350. The van der Waals surface area contributed by atoms with Crippen LogP contribution in [0.3, 0.4) is 0 Å². The van der Waals surface area contributed by atoms with Crippen LogP contribution in [-0.2, 0) is 0 Å². The quantitative estimate of drug-likeness (QED) is 0.347. The number of rotatable bonds is 4. The van der Waals surface area contributed by atoms with Crippen LogP contribution in [0.25, 0.3) is 5.31 Å².